The van der Waals surface area contributed by atoms with Crippen LogP contribution in [0.2, 0.25) is 0 Å². The van der Waals surface area contributed by atoms with Crippen LogP contribution >= 0.6 is 0 Å². The Balaban J connectivity index is 1.11. The molecule has 3 unspecified atom stereocenters. The molecule has 6 heteroatoms. The summed E-state index contributed by atoms with van der Waals surface area (Å²) in [7, 11) is -3.63. The Kier molecular flexibility index (Phi) is 7.91. The number of hydrogen-bond acceptors (Lipinski definition) is 4. The first-order valence-corrected chi connectivity index (χ1v) is 17.4. The second kappa shape index (κ2) is 12.0. The highest BCUT2D eigenvalue weighted by molar-refractivity contribution is 7.89. The summed E-state index contributed by atoms with van der Waals surface area (Å²) in [5.41, 5.74) is 7.21. The van der Waals surface area contributed by atoms with Crippen molar-refractivity contribution in [3.05, 3.63) is 143 Å². The molecule has 0 amide bonds. The van der Waals surface area contributed by atoms with Crippen molar-refractivity contribution in [2.75, 3.05) is 31.5 Å². The van der Waals surface area contributed by atoms with Gasteiger partial charge in [0.25, 0.3) is 0 Å². The van der Waals surface area contributed by atoms with Crippen LogP contribution in [0.5, 0.6) is 0 Å². The van der Waals surface area contributed by atoms with E-state index < -0.39 is 10.0 Å². The zero-order chi connectivity index (χ0) is 30.3. The molecular formula is C38H41N3O2S. The first-order chi connectivity index (χ1) is 21.4. The van der Waals surface area contributed by atoms with Gasteiger partial charge in [0.1, 0.15) is 0 Å². The van der Waals surface area contributed by atoms with Gasteiger partial charge >= 0.3 is 0 Å². The van der Waals surface area contributed by atoms with Gasteiger partial charge in [-0.3, -0.25) is 4.90 Å². The number of nitrogens with zero attached hydrogens (tertiary/aromatic N) is 2. The van der Waals surface area contributed by atoms with E-state index in [1.54, 1.807) is 10.4 Å². The van der Waals surface area contributed by atoms with Gasteiger partial charge in [-0.05, 0) is 64.3 Å². The van der Waals surface area contributed by atoms with E-state index in [4.69, 9.17) is 0 Å². The molecule has 7 rings (SSSR count). The molecule has 0 spiro atoms. The summed E-state index contributed by atoms with van der Waals surface area (Å²) in [6.45, 7) is 6.72. The molecule has 1 N–H and O–H groups in total. The number of benzene rings is 4. The van der Waals surface area contributed by atoms with Gasteiger partial charge in [-0.25, -0.2) is 8.42 Å². The first-order valence-electron chi connectivity index (χ1n) is 15.9. The summed E-state index contributed by atoms with van der Waals surface area (Å²) in [5.74, 6) is 1.06. The molecule has 1 fully saturated rings. The summed E-state index contributed by atoms with van der Waals surface area (Å²) in [6, 6.07) is 36.0. The van der Waals surface area contributed by atoms with Crippen LogP contribution in [-0.2, 0) is 10.0 Å². The Bertz CT molecular complexity index is 1690. The van der Waals surface area contributed by atoms with Crippen LogP contribution in [0, 0.1) is 5.92 Å². The molecule has 2 aliphatic heterocycles. The third-order valence-corrected chi connectivity index (χ3v) is 11.7. The minimum Gasteiger partial charge on any atom is -0.378 e. The molecule has 0 radical (unpaired) electrons. The number of nitrogens with one attached hydrogen (secondary N) is 1. The Morgan fingerprint density at radius 2 is 1.39 bits per heavy atom. The van der Waals surface area contributed by atoms with Crippen LogP contribution in [0.4, 0.5) is 5.69 Å². The van der Waals surface area contributed by atoms with E-state index in [1.807, 2.05) is 24.3 Å². The quantitative estimate of drug-likeness (QED) is 0.220. The zero-order valence-corrected chi connectivity index (χ0v) is 26.3. The minimum atomic E-state index is -3.63. The maximum absolute atomic E-state index is 14.0. The van der Waals surface area contributed by atoms with Gasteiger partial charge in [0.05, 0.1) is 17.0 Å². The van der Waals surface area contributed by atoms with Crippen LogP contribution in [-0.4, -0.2) is 43.8 Å². The molecule has 1 aliphatic carbocycles. The maximum Gasteiger partial charge on any atom is 0.243 e. The van der Waals surface area contributed by atoms with Crippen molar-refractivity contribution in [2.24, 2.45) is 5.92 Å². The summed E-state index contributed by atoms with van der Waals surface area (Å²) >= 11 is 0. The van der Waals surface area contributed by atoms with Crippen LogP contribution in [0.3, 0.4) is 0 Å². The molecular weight excluding hydrogens is 563 g/mol. The summed E-state index contributed by atoms with van der Waals surface area (Å²) in [6.07, 6.45) is 5.52. The molecule has 0 saturated carbocycles. The third-order valence-electron chi connectivity index (χ3n) is 9.80. The van der Waals surface area contributed by atoms with Gasteiger partial charge in [0, 0.05) is 37.8 Å². The van der Waals surface area contributed by atoms with Crippen LogP contribution in [0.25, 0.3) is 0 Å². The molecule has 226 valence electrons. The molecule has 5 nitrogen and oxygen atoms in total. The van der Waals surface area contributed by atoms with Crippen molar-refractivity contribution >= 4 is 15.7 Å². The Labute approximate surface area is 262 Å². The van der Waals surface area contributed by atoms with Crippen molar-refractivity contribution in [3.8, 4) is 0 Å². The molecule has 4 aromatic carbocycles. The van der Waals surface area contributed by atoms with Gasteiger partial charge in [0.15, 0.2) is 0 Å². The topological polar surface area (TPSA) is 52.7 Å². The van der Waals surface area contributed by atoms with Gasteiger partial charge in [0.2, 0.25) is 10.0 Å². The number of piperazine rings is 1. The minimum absolute atomic E-state index is 0.0951. The second-order valence-corrected chi connectivity index (χ2v) is 14.6. The van der Waals surface area contributed by atoms with Crippen molar-refractivity contribution in [3.63, 3.8) is 0 Å². The monoisotopic (exact) mass is 603 g/mol. The average Bonchev–Trinajstić information content (AvgIpc) is 3.56. The van der Waals surface area contributed by atoms with E-state index in [0.717, 1.165) is 17.7 Å². The lowest BCUT2D eigenvalue weighted by molar-refractivity contribution is 0.156. The van der Waals surface area contributed by atoms with Gasteiger partial charge < -0.3 is 5.32 Å². The molecule has 0 aromatic heterocycles. The van der Waals surface area contributed by atoms with E-state index in [2.05, 4.69) is 109 Å². The lowest BCUT2D eigenvalue weighted by Gasteiger charge is -2.40. The standard InChI is InChI=1S/C38H41N3O2S/c1-27(2)28-16-18-29(19-17-28)37-34-15-9-14-33(34)35-26-32(20-21-36(35)39-37)44(42,43)41-24-22-40(23-25-41)38(30-10-5-3-6-11-30)31-12-7-4-8-13-31/h3-14,16-21,26-27,33-34,37-39H,15,22-25H2,1-2H3. The molecule has 2 heterocycles. The van der Waals surface area contributed by atoms with Crippen LogP contribution in [0.1, 0.15) is 72.0 Å². The molecule has 0 bridgehead atoms. The second-order valence-electron chi connectivity index (χ2n) is 12.7. The molecule has 1 saturated heterocycles. The predicted molar refractivity (Wildman–Crippen MR) is 178 cm³/mol. The Morgan fingerprint density at radius 3 is 2.00 bits per heavy atom. The fourth-order valence-corrected chi connectivity index (χ4v) is 8.85. The largest absolute Gasteiger partial charge is 0.378 e. The summed E-state index contributed by atoms with van der Waals surface area (Å²) < 4.78 is 29.7. The summed E-state index contributed by atoms with van der Waals surface area (Å²) in [4.78, 5) is 2.81. The maximum atomic E-state index is 14.0. The Hall–Kier alpha value is -3.71. The van der Waals surface area contributed by atoms with Crippen molar-refractivity contribution in [1.29, 1.82) is 0 Å². The fraction of sp³-hybridized carbons (Fsp3) is 0.316. The first kappa shape index (κ1) is 29.0. The number of fused-ring (bicyclic) bond motifs is 3. The number of hydrogen-bond donors (Lipinski definition) is 1. The fourth-order valence-electron chi connectivity index (χ4n) is 7.39. The number of allylic oxidation sites excluding steroid dienone is 2. The molecule has 3 aliphatic rings. The zero-order valence-electron chi connectivity index (χ0n) is 25.5. The van der Waals surface area contributed by atoms with E-state index >= 15 is 0 Å². The van der Waals surface area contributed by atoms with Crippen molar-refractivity contribution in [2.45, 2.75) is 49.1 Å². The average molecular weight is 604 g/mol. The lowest BCUT2D eigenvalue weighted by Crippen LogP contribution is -2.49. The predicted octanol–water partition coefficient (Wildman–Crippen LogP) is 7.73. The van der Waals surface area contributed by atoms with Gasteiger partial charge in [-0.1, -0.05) is 111 Å². The van der Waals surface area contributed by atoms with E-state index in [-0.39, 0.29) is 18.0 Å². The van der Waals surface area contributed by atoms with Crippen molar-refractivity contribution in [1.82, 2.24) is 9.21 Å². The number of rotatable bonds is 7. The highest BCUT2D eigenvalue weighted by Crippen LogP contribution is 2.50. The highest BCUT2D eigenvalue weighted by Gasteiger charge is 2.39. The van der Waals surface area contributed by atoms with E-state index in [9.17, 15) is 8.42 Å². The molecule has 44 heavy (non-hydrogen) atoms. The van der Waals surface area contributed by atoms with E-state index in [1.165, 1.54) is 22.3 Å². The molecule has 4 aromatic rings. The molecule has 3 atom stereocenters. The number of anilines is 1. The van der Waals surface area contributed by atoms with Gasteiger partial charge in [-0.2, -0.15) is 4.31 Å². The number of sulfonamides is 1. The third kappa shape index (κ3) is 5.40. The SMILES string of the molecule is CC(C)c1ccc(C2Nc3ccc(S(=O)(=O)N4CCN(C(c5ccccc5)c5ccccc5)CC4)cc3C3C=CCC32)cc1. The smallest absolute Gasteiger partial charge is 0.243 e. The van der Waals surface area contributed by atoms with Crippen molar-refractivity contribution < 1.29 is 8.42 Å². The Morgan fingerprint density at radius 1 is 0.750 bits per heavy atom. The normalized spacial score (nSPS) is 22.1. The van der Waals surface area contributed by atoms with Crippen LogP contribution in [0.15, 0.2) is 120 Å². The lowest BCUT2D eigenvalue weighted by atomic mass is 9.77. The summed E-state index contributed by atoms with van der Waals surface area (Å²) in [5, 5.41) is 3.79. The van der Waals surface area contributed by atoms with Gasteiger partial charge in [-0.15, -0.1) is 0 Å². The highest BCUT2D eigenvalue weighted by atomic mass is 32.2. The van der Waals surface area contributed by atoms with Crippen LogP contribution < -0.4 is 5.32 Å². The van der Waals surface area contributed by atoms with E-state index in [0.29, 0.717) is 42.9 Å².